The second kappa shape index (κ2) is 7.31. The first-order valence-corrected chi connectivity index (χ1v) is 7.06. The van der Waals surface area contributed by atoms with Gasteiger partial charge in [-0.2, -0.15) is 0 Å². The molecule has 1 aromatic rings. The van der Waals surface area contributed by atoms with Gasteiger partial charge < -0.3 is 5.32 Å². The fraction of sp³-hybridized carbons (Fsp3) is 0.500. The predicted octanol–water partition coefficient (Wildman–Crippen LogP) is 3.93. The lowest BCUT2D eigenvalue weighted by Gasteiger charge is -2.08. The van der Waals surface area contributed by atoms with Gasteiger partial charge in [-0.05, 0) is 56.8 Å². The molecule has 15 heavy (non-hydrogen) atoms. The van der Waals surface area contributed by atoms with Gasteiger partial charge in [0.05, 0.1) is 0 Å². The van der Waals surface area contributed by atoms with Crippen LogP contribution in [0.2, 0.25) is 0 Å². The molecule has 84 valence electrons. The lowest BCUT2D eigenvalue weighted by atomic mass is 10.2. The molecule has 3 heteroatoms. The van der Waals surface area contributed by atoms with Crippen LogP contribution in [-0.4, -0.2) is 18.8 Å². The standard InChI is InChI=1S/C12H18BrNS/c1-10(14-2)4-3-9-15-12-7-5-11(13)6-8-12/h5-8,10,14H,3-4,9H2,1-2H3. The predicted molar refractivity (Wildman–Crippen MR) is 72.6 cm³/mol. The van der Waals surface area contributed by atoms with Gasteiger partial charge in [0.25, 0.3) is 0 Å². The lowest BCUT2D eigenvalue weighted by molar-refractivity contribution is 0.559. The molecule has 0 fully saturated rings. The largest absolute Gasteiger partial charge is 0.317 e. The van der Waals surface area contributed by atoms with E-state index in [9.17, 15) is 0 Å². The average Bonchev–Trinajstić information content (AvgIpc) is 2.26. The summed E-state index contributed by atoms with van der Waals surface area (Å²) in [5, 5.41) is 3.26. The molecule has 0 saturated carbocycles. The zero-order valence-electron chi connectivity index (χ0n) is 9.29. The molecule has 0 aromatic heterocycles. The third-order valence-corrected chi connectivity index (χ3v) is 3.98. The van der Waals surface area contributed by atoms with Crippen LogP contribution in [-0.2, 0) is 0 Å². The smallest absolute Gasteiger partial charge is 0.0176 e. The van der Waals surface area contributed by atoms with Gasteiger partial charge in [0.1, 0.15) is 0 Å². The minimum absolute atomic E-state index is 0.635. The molecule has 1 rings (SSSR count). The molecule has 0 radical (unpaired) electrons. The van der Waals surface area contributed by atoms with Crippen LogP contribution in [0.15, 0.2) is 33.6 Å². The van der Waals surface area contributed by atoms with Gasteiger partial charge in [0.15, 0.2) is 0 Å². The molecule has 0 aliphatic carbocycles. The van der Waals surface area contributed by atoms with Crippen molar-refractivity contribution in [3.05, 3.63) is 28.7 Å². The van der Waals surface area contributed by atoms with Crippen molar-refractivity contribution in [2.75, 3.05) is 12.8 Å². The van der Waals surface area contributed by atoms with Gasteiger partial charge in [-0.1, -0.05) is 15.9 Å². The van der Waals surface area contributed by atoms with E-state index in [1.165, 1.54) is 23.5 Å². The second-order valence-corrected chi connectivity index (χ2v) is 5.72. The molecule has 0 heterocycles. The van der Waals surface area contributed by atoms with Crippen molar-refractivity contribution in [3.8, 4) is 0 Å². The molecule has 1 atom stereocenters. The van der Waals surface area contributed by atoms with Crippen LogP contribution < -0.4 is 5.32 Å². The SMILES string of the molecule is CNC(C)CCCSc1ccc(Br)cc1. The quantitative estimate of drug-likeness (QED) is 0.629. The Morgan fingerprint density at radius 2 is 2.00 bits per heavy atom. The molecular formula is C12H18BrNS. The van der Waals surface area contributed by atoms with Crippen molar-refractivity contribution in [2.24, 2.45) is 0 Å². The highest BCUT2D eigenvalue weighted by Gasteiger charge is 1.98. The Kier molecular flexibility index (Phi) is 6.37. The summed E-state index contributed by atoms with van der Waals surface area (Å²) < 4.78 is 1.15. The number of nitrogens with one attached hydrogen (secondary N) is 1. The highest BCUT2D eigenvalue weighted by molar-refractivity contribution is 9.10. The van der Waals surface area contributed by atoms with E-state index in [0.29, 0.717) is 6.04 Å². The molecule has 0 bridgehead atoms. The summed E-state index contributed by atoms with van der Waals surface area (Å²) in [6.45, 7) is 2.23. The first-order valence-electron chi connectivity index (χ1n) is 5.28. The van der Waals surface area contributed by atoms with E-state index in [1.54, 1.807) is 0 Å². The van der Waals surface area contributed by atoms with Crippen LogP contribution in [0.1, 0.15) is 19.8 Å². The topological polar surface area (TPSA) is 12.0 Å². The van der Waals surface area contributed by atoms with E-state index in [4.69, 9.17) is 0 Å². The molecule has 0 amide bonds. The minimum atomic E-state index is 0.635. The van der Waals surface area contributed by atoms with Crippen molar-refractivity contribution in [1.29, 1.82) is 0 Å². The zero-order valence-corrected chi connectivity index (χ0v) is 11.7. The second-order valence-electron chi connectivity index (χ2n) is 3.63. The Labute approximate surface area is 105 Å². The first kappa shape index (κ1) is 13.1. The Hall–Kier alpha value is 0.01000. The van der Waals surface area contributed by atoms with E-state index in [1.807, 2.05) is 18.8 Å². The maximum absolute atomic E-state index is 3.44. The summed E-state index contributed by atoms with van der Waals surface area (Å²) in [4.78, 5) is 1.36. The fourth-order valence-corrected chi connectivity index (χ4v) is 2.39. The summed E-state index contributed by atoms with van der Waals surface area (Å²) in [5.41, 5.74) is 0. The molecule has 0 spiro atoms. The van der Waals surface area contributed by atoms with Gasteiger partial charge in [-0.15, -0.1) is 11.8 Å². The maximum Gasteiger partial charge on any atom is 0.0176 e. The van der Waals surface area contributed by atoms with Crippen LogP contribution in [0, 0.1) is 0 Å². The summed E-state index contributed by atoms with van der Waals surface area (Å²) in [6, 6.07) is 9.15. The maximum atomic E-state index is 3.44. The minimum Gasteiger partial charge on any atom is -0.317 e. The van der Waals surface area contributed by atoms with Gasteiger partial charge >= 0.3 is 0 Å². The highest BCUT2D eigenvalue weighted by atomic mass is 79.9. The summed E-state index contributed by atoms with van der Waals surface area (Å²) in [6.07, 6.45) is 2.52. The van der Waals surface area contributed by atoms with Crippen LogP contribution >= 0.6 is 27.7 Å². The molecule has 1 N–H and O–H groups in total. The average molecular weight is 288 g/mol. The van der Waals surface area contributed by atoms with Gasteiger partial charge in [0, 0.05) is 15.4 Å². The number of thioether (sulfide) groups is 1. The Morgan fingerprint density at radius 1 is 1.33 bits per heavy atom. The Balaban J connectivity index is 2.17. The molecular weight excluding hydrogens is 270 g/mol. The number of rotatable bonds is 6. The summed E-state index contributed by atoms with van der Waals surface area (Å²) >= 11 is 5.37. The molecule has 0 saturated heterocycles. The van der Waals surface area contributed by atoms with Crippen molar-refractivity contribution in [1.82, 2.24) is 5.32 Å². The Bertz CT molecular complexity index is 273. The number of halogens is 1. The van der Waals surface area contributed by atoms with Crippen molar-refractivity contribution < 1.29 is 0 Å². The molecule has 0 aliphatic heterocycles. The first-order chi connectivity index (χ1) is 7.22. The van der Waals surface area contributed by atoms with Gasteiger partial charge in [-0.3, -0.25) is 0 Å². The van der Waals surface area contributed by atoms with Crippen LogP contribution in [0.5, 0.6) is 0 Å². The normalized spacial score (nSPS) is 12.7. The Morgan fingerprint density at radius 3 is 2.60 bits per heavy atom. The van der Waals surface area contributed by atoms with Crippen molar-refractivity contribution >= 4 is 27.7 Å². The molecule has 0 aliphatic rings. The van der Waals surface area contributed by atoms with Gasteiger partial charge in [-0.25, -0.2) is 0 Å². The van der Waals surface area contributed by atoms with Crippen LogP contribution in [0.3, 0.4) is 0 Å². The third kappa shape index (κ3) is 5.59. The molecule has 1 aromatic carbocycles. The van der Waals surface area contributed by atoms with E-state index in [-0.39, 0.29) is 0 Å². The zero-order chi connectivity index (χ0) is 11.1. The van der Waals surface area contributed by atoms with E-state index in [2.05, 4.69) is 52.4 Å². The fourth-order valence-electron chi connectivity index (χ4n) is 1.25. The summed E-state index contributed by atoms with van der Waals surface area (Å²) in [7, 11) is 2.02. The molecule has 1 nitrogen and oxygen atoms in total. The molecule has 1 unspecified atom stereocenters. The van der Waals surface area contributed by atoms with Crippen molar-refractivity contribution in [3.63, 3.8) is 0 Å². The van der Waals surface area contributed by atoms with Gasteiger partial charge in [0.2, 0.25) is 0 Å². The lowest BCUT2D eigenvalue weighted by Crippen LogP contribution is -2.20. The summed E-state index contributed by atoms with van der Waals surface area (Å²) in [5.74, 6) is 1.20. The highest BCUT2D eigenvalue weighted by Crippen LogP contribution is 2.21. The van der Waals surface area contributed by atoms with Crippen LogP contribution in [0.4, 0.5) is 0 Å². The monoisotopic (exact) mass is 287 g/mol. The van der Waals surface area contributed by atoms with E-state index in [0.717, 1.165) is 4.47 Å². The third-order valence-electron chi connectivity index (χ3n) is 2.36. The number of benzene rings is 1. The van der Waals surface area contributed by atoms with E-state index < -0.39 is 0 Å². The van der Waals surface area contributed by atoms with E-state index >= 15 is 0 Å². The van der Waals surface area contributed by atoms with Crippen molar-refractivity contribution in [2.45, 2.75) is 30.7 Å². The van der Waals surface area contributed by atoms with Crippen LogP contribution in [0.25, 0.3) is 0 Å². The number of hydrogen-bond donors (Lipinski definition) is 1. The number of hydrogen-bond acceptors (Lipinski definition) is 2.